The molecule has 0 aromatic rings. The van der Waals surface area contributed by atoms with Gasteiger partial charge in [0.25, 0.3) is 0 Å². The number of nitrogens with two attached hydrogens (primary N) is 1. The zero-order chi connectivity index (χ0) is 16.2. The lowest BCUT2D eigenvalue weighted by molar-refractivity contribution is -0.143. The molecular weight excluding hydrogens is 278 g/mol. The van der Waals surface area contributed by atoms with Crippen LogP contribution in [0.4, 0.5) is 4.79 Å². The minimum absolute atomic E-state index is 0.0580. The van der Waals surface area contributed by atoms with Gasteiger partial charge in [0, 0.05) is 19.6 Å². The molecule has 1 fully saturated rings. The van der Waals surface area contributed by atoms with Crippen molar-refractivity contribution in [2.45, 2.75) is 32.4 Å². The highest BCUT2D eigenvalue weighted by molar-refractivity contribution is 5.85. The smallest absolute Gasteiger partial charge is 0.411 e. The molecule has 0 bridgehead atoms. The van der Waals surface area contributed by atoms with Gasteiger partial charge in [-0.3, -0.25) is 19.4 Å². The molecule has 0 aromatic carbocycles. The summed E-state index contributed by atoms with van der Waals surface area (Å²) in [5, 5.41) is 0. The van der Waals surface area contributed by atoms with Gasteiger partial charge in [-0.2, -0.15) is 0 Å². The number of piperazine rings is 1. The number of nitrogens with zero attached hydrogens (tertiary/aromatic N) is 2. The van der Waals surface area contributed by atoms with Crippen molar-refractivity contribution in [3.8, 4) is 0 Å². The molecule has 0 saturated carbocycles. The predicted octanol–water partition coefficient (Wildman–Crippen LogP) is -0.434. The summed E-state index contributed by atoms with van der Waals surface area (Å²) in [5.74, 6) is -1.03. The molecule has 1 atom stereocenters. The molecule has 8 nitrogen and oxygen atoms in total. The van der Waals surface area contributed by atoms with E-state index in [9.17, 15) is 14.4 Å². The van der Waals surface area contributed by atoms with Crippen LogP contribution < -0.4 is 5.73 Å². The Morgan fingerprint density at radius 2 is 1.86 bits per heavy atom. The molecule has 1 aliphatic heterocycles. The second kappa shape index (κ2) is 6.75. The first-order valence-electron chi connectivity index (χ1n) is 6.72. The van der Waals surface area contributed by atoms with E-state index >= 15 is 0 Å². The van der Waals surface area contributed by atoms with E-state index in [0.717, 1.165) is 0 Å². The lowest BCUT2D eigenvalue weighted by atomic mass is 10.1. The zero-order valence-corrected chi connectivity index (χ0v) is 12.9. The molecule has 8 heteroatoms. The van der Waals surface area contributed by atoms with Crippen molar-refractivity contribution < 1.29 is 23.9 Å². The van der Waals surface area contributed by atoms with Crippen LogP contribution in [0.5, 0.6) is 0 Å². The number of carbonyl (C=O) groups excluding carboxylic acids is 3. The van der Waals surface area contributed by atoms with Crippen LogP contribution in [0, 0.1) is 0 Å². The number of carbonyl (C=O) groups is 3. The number of hydrogen-bond donors (Lipinski definition) is 1. The maximum absolute atomic E-state index is 12.1. The van der Waals surface area contributed by atoms with Crippen LogP contribution in [-0.4, -0.2) is 72.7 Å². The third-order valence-corrected chi connectivity index (χ3v) is 3.00. The van der Waals surface area contributed by atoms with Crippen molar-refractivity contribution in [3.63, 3.8) is 0 Å². The SMILES string of the molecule is COC(=O)CN1CCN(C(=O)OC(C)(C)C)C(C(N)=O)C1. The van der Waals surface area contributed by atoms with Crippen LogP contribution in [0.3, 0.4) is 0 Å². The van der Waals surface area contributed by atoms with Gasteiger partial charge in [0.05, 0.1) is 13.7 Å². The largest absolute Gasteiger partial charge is 0.468 e. The van der Waals surface area contributed by atoms with Gasteiger partial charge in [0.2, 0.25) is 5.91 Å². The Balaban J connectivity index is 2.73. The molecule has 120 valence electrons. The summed E-state index contributed by atoms with van der Waals surface area (Å²) in [6.07, 6.45) is -0.580. The van der Waals surface area contributed by atoms with E-state index in [1.165, 1.54) is 12.0 Å². The zero-order valence-electron chi connectivity index (χ0n) is 12.9. The summed E-state index contributed by atoms with van der Waals surface area (Å²) in [7, 11) is 1.30. The number of primary amides is 1. The summed E-state index contributed by atoms with van der Waals surface area (Å²) in [6.45, 7) is 6.19. The minimum Gasteiger partial charge on any atom is -0.468 e. The molecule has 2 amide bonds. The van der Waals surface area contributed by atoms with Crippen LogP contribution in [-0.2, 0) is 19.1 Å². The van der Waals surface area contributed by atoms with Gasteiger partial charge in [-0.15, -0.1) is 0 Å². The molecule has 0 spiro atoms. The fourth-order valence-corrected chi connectivity index (χ4v) is 2.01. The van der Waals surface area contributed by atoms with Gasteiger partial charge in [-0.25, -0.2) is 4.79 Å². The Labute approximate surface area is 124 Å². The summed E-state index contributed by atoms with van der Waals surface area (Å²) in [5.41, 5.74) is 4.70. The first kappa shape index (κ1) is 17.2. The van der Waals surface area contributed by atoms with E-state index in [2.05, 4.69) is 4.74 Å². The van der Waals surface area contributed by atoms with Crippen LogP contribution in [0.25, 0.3) is 0 Å². The molecule has 21 heavy (non-hydrogen) atoms. The van der Waals surface area contributed by atoms with Gasteiger partial charge in [0.15, 0.2) is 0 Å². The summed E-state index contributed by atoms with van der Waals surface area (Å²) >= 11 is 0. The van der Waals surface area contributed by atoms with Crippen molar-refractivity contribution in [1.29, 1.82) is 0 Å². The maximum atomic E-state index is 12.1. The van der Waals surface area contributed by atoms with E-state index < -0.39 is 29.6 Å². The maximum Gasteiger partial charge on any atom is 0.411 e. The average molecular weight is 301 g/mol. The second-order valence-corrected chi connectivity index (χ2v) is 5.90. The third kappa shape index (κ3) is 5.22. The average Bonchev–Trinajstić information content (AvgIpc) is 2.36. The Morgan fingerprint density at radius 3 is 2.33 bits per heavy atom. The highest BCUT2D eigenvalue weighted by atomic mass is 16.6. The number of esters is 1. The van der Waals surface area contributed by atoms with Gasteiger partial charge >= 0.3 is 12.1 Å². The van der Waals surface area contributed by atoms with Crippen molar-refractivity contribution in [3.05, 3.63) is 0 Å². The fourth-order valence-electron chi connectivity index (χ4n) is 2.01. The first-order chi connectivity index (χ1) is 9.64. The Hall–Kier alpha value is -1.83. The molecular formula is C13H23N3O5. The number of amides is 2. The molecule has 0 radical (unpaired) electrons. The highest BCUT2D eigenvalue weighted by Crippen LogP contribution is 2.15. The molecule has 1 rings (SSSR count). The van der Waals surface area contributed by atoms with E-state index in [1.807, 2.05) is 0 Å². The predicted molar refractivity (Wildman–Crippen MR) is 74.4 cm³/mol. The van der Waals surface area contributed by atoms with E-state index in [4.69, 9.17) is 10.5 Å². The van der Waals surface area contributed by atoms with Crippen LogP contribution in [0.2, 0.25) is 0 Å². The van der Waals surface area contributed by atoms with Gasteiger partial charge < -0.3 is 15.2 Å². The molecule has 1 saturated heterocycles. The minimum atomic E-state index is -0.821. The second-order valence-electron chi connectivity index (χ2n) is 5.90. The summed E-state index contributed by atoms with van der Waals surface area (Å²) in [6, 6.07) is -0.821. The number of hydrogen-bond acceptors (Lipinski definition) is 6. The van der Waals surface area contributed by atoms with Crippen molar-refractivity contribution in [2.24, 2.45) is 5.73 Å². The van der Waals surface area contributed by atoms with Gasteiger partial charge in [-0.05, 0) is 20.8 Å². The number of rotatable bonds is 3. The first-order valence-corrected chi connectivity index (χ1v) is 6.72. The van der Waals surface area contributed by atoms with Crippen LogP contribution in [0.15, 0.2) is 0 Å². The molecule has 0 aromatic heterocycles. The van der Waals surface area contributed by atoms with Gasteiger partial charge in [0.1, 0.15) is 11.6 Å². The van der Waals surface area contributed by atoms with Crippen molar-refractivity contribution in [2.75, 3.05) is 33.3 Å². The quantitative estimate of drug-likeness (QED) is 0.709. The van der Waals surface area contributed by atoms with Crippen molar-refractivity contribution >= 4 is 18.0 Å². The Bertz CT molecular complexity index is 419. The summed E-state index contributed by atoms with van der Waals surface area (Å²) in [4.78, 5) is 38.0. The molecule has 1 aliphatic rings. The Morgan fingerprint density at radius 1 is 1.24 bits per heavy atom. The van der Waals surface area contributed by atoms with Crippen LogP contribution in [0.1, 0.15) is 20.8 Å². The van der Waals surface area contributed by atoms with Crippen LogP contribution >= 0.6 is 0 Å². The fraction of sp³-hybridized carbons (Fsp3) is 0.769. The lowest BCUT2D eigenvalue weighted by Crippen LogP contribution is -2.61. The monoisotopic (exact) mass is 301 g/mol. The van der Waals surface area contributed by atoms with E-state index in [-0.39, 0.29) is 19.6 Å². The highest BCUT2D eigenvalue weighted by Gasteiger charge is 2.36. The number of methoxy groups -OCH3 is 1. The third-order valence-electron chi connectivity index (χ3n) is 3.00. The van der Waals surface area contributed by atoms with E-state index in [1.54, 1.807) is 25.7 Å². The van der Waals surface area contributed by atoms with Crippen molar-refractivity contribution in [1.82, 2.24) is 9.80 Å². The summed E-state index contributed by atoms with van der Waals surface area (Å²) < 4.78 is 9.85. The molecule has 1 heterocycles. The normalized spacial score (nSPS) is 20.0. The number of ether oxygens (including phenoxy) is 2. The molecule has 1 unspecified atom stereocenters. The van der Waals surface area contributed by atoms with Gasteiger partial charge in [-0.1, -0.05) is 0 Å². The molecule has 0 aliphatic carbocycles. The standard InChI is InChI=1S/C13H23N3O5/c1-13(2,3)21-12(19)16-6-5-15(8-10(17)20-4)7-9(16)11(14)18/h9H,5-8H2,1-4H3,(H2,14,18). The Kier molecular flexibility index (Phi) is 5.54. The van der Waals surface area contributed by atoms with E-state index in [0.29, 0.717) is 6.54 Å². The lowest BCUT2D eigenvalue weighted by Gasteiger charge is -2.39. The molecule has 2 N–H and O–H groups in total. The topological polar surface area (TPSA) is 102 Å².